The first-order valence-electron chi connectivity index (χ1n) is 21.9. The van der Waals surface area contributed by atoms with E-state index >= 15 is 0 Å². The largest absolute Gasteiger partial charge is 0.506 e. The first kappa shape index (κ1) is 50.5. The lowest BCUT2D eigenvalue weighted by Crippen LogP contribution is -1.97. The average Bonchev–Trinajstić information content (AvgIpc) is 3.16. The summed E-state index contributed by atoms with van der Waals surface area (Å²) in [5, 5.41) is 325. The highest BCUT2D eigenvalue weighted by molar-refractivity contribution is 6.35. The number of fused-ring (bicyclic) bond motifs is 9. The zero-order valence-electron chi connectivity index (χ0n) is 38.8. The number of hydrogen-bond acceptors (Lipinski definition) is 31. The van der Waals surface area contributed by atoms with Crippen molar-refractivity contribution in [2.75, 3.05) is 0 Å². The number of phenolic OH excluding ortho intramolecular Hbond substituents is 30. The molecule has 416 valence electrons. The fourth-order valence-electron chi connectivity index (χ4n) is 10.5. The van der Waals surface area contributed by atoms with E-state index in [9.17, 15) is 153 Å². The van der Waals surface area contributed by atoms with E-state index in [4.69, 9.17) is 4.42 Å². The van der Waals surface area contributed by atoms with Gasteiger partial charge in [0.25, 0.3) is 0 Å². The summed E-state index contributed by atoms with van der Waals surface area (Å²) < 4.78 is 5.58. The van der Waals surface area contributed by atoms with E-state index in [0.29, 0.717) is 0 Å². The topological polar surface area (TPSA) is 620 Å². The van der Waals surface area contributed by atoms with E-state index in [-0.39, 0.29) is 0 Å². The number of hydrogen-bond donors (Lipinski definition) is 30. The first-order valence-corrected chi connectivity index (χ1v) is 21.9. The van der Waals surface area contributed by atoms with Gasteiger partial charge in [0.1, 0.15) is 11.5 Å². The molecule has 10 aromatic carbocycles. The molecule has 31 nitrogen and oxygen atoms in total. The van der Waals surface area contributed by atoms with Crippen LogP contribution in [0.4, 0.5) is 0 Å². The molecule has 0 radical (unpaired) electrons. The Kier molecular flexibility index (Phi) is 9.63. The Morgan fingerprint density at radius 2 is 0.333 bits per heavy atom. The minimum atomic E-state index is -1.98. The summed E-state index contributed by atoms with van der Waals surface area (Å²) in [6.45, 7) is 0. The standard InChI is InChI=1S/C50H30O31/c51-19-12(30(62)38(70)32(64)14(19)9-3-10-15(33(65)44(76)43(75)27(10)59)29(61)28(60)13(3)31(63)37(69)26(9)58)2-6-4(21(53)39(71)41(73)23(6)55)1(5-7(2)24(56)42(74)40(72)22(5)54)8-11-18-20(52)16-17(35(67)46(78)45(77)34(16)66)36(68)50(18)81-49(11)48(80)47(79)25(8)57/h51-80H. The van der Waals surface area contributed by atoms with Crippen LogP contribution in [0.5, 0.6) is 172 Å². The van der Waals surface area contributed by atoms with E-state index in [2.05, 4.69) is 0 Å². The summed E-state index contributed by atoms with van der Waals surface area (Å²) in [4.78, 5) is 0. The van der Waals surface area contributed by atoms with Crippen molar-refractivity contribution in [3.8, 4) is 206 Å². The van der Waals surface area contributed by atoms with Gasteiger partial charge in [-0.15, -0.1) is 0 Å². The van der Waals surface area contributed by atoms with E-state index in [0.717, 1.165) is 0 Å². The van der Waals surface area contributed by atoms with E-state index in [1.165, 1.54) is 0 Å². The van der Waals surface area contributed by atoms with Gasteiger partial charge >= 0.3 is 0 Å². The van der Waals surface area contributed by atoms with Gasteiger partial charge in [0.05, 0.1) is 38.1 Å². The van der Waals surface area contributed by atoms with Crippen LogP contribution in [0.1, 0.15) is 0 Å². The molecule has 0 saturated heterocycles. The summed E-state index contributed by atoms with van der Waals surface area (Å²) in [6, 6.07) is 0. The van der Waals surface area contributed by atoms with Crippen molar-refractivity contribution in [3.63, 3.8) is 0 Å². The predicted molar refractivity (Wildman–Crippen MR) is 268 cm³/mol. The molecule has 11 aromatic rings. The second kappa shape index (κ2) is 15.5. The second-order valence-electron chi connectivity index (χ2n) is 18.0. The molecule has 0 bridgehead atoms. The zero-order chi connectivity index (χ0) is 59.6. The van der Waals surface area contributed by atoms with Crippen LogP contribution in [0.2, 0.25) is 0 Å². The number of rotatable bonds is 3. The molecule has 1 heterocycles. The van der Waals surface area contributed by atoms with Crippen LogP contribution in [-0.2, 0) is 0 Å². The fraction of sp³-hybridized carbons (Fsp3) is 0. The number of aromatic hydroxyl groups is 30. The molecule has 0 fully saturated rings. The lowest BCUT2D eigenvalue weighted by atomic mass is 9.80. The lowest BCUT2D eigenvalue weighted by molar-refractivity contribution is 0.349. The quantitative estimate of drug-likeness (QED) is 0.0448. The number of benzene rings is 10. The Hall–Kier alpha value is -12.7. The summed E-state index contributed by atoms with van der Waals surface area (Å²) in [7, 11) is 0. The van der Waals surface area contributed by atoms with E-state index < -0.39 is 282 Å². The molecule has 81 heavy (non-hydrogen) atoms. The highest BCUT2D eigenvalue weighted by Gasteiger charge is 2.42. The molecule has 0 spiro atoms. The SMILES string of the molecule is Oc1c(O)c(-c2c3c(O)c(O)c(O)c(O)c3c(-c3c(O)c(O)c(O)c4oc5c(O)c6c(O)c(O)c(O)c(O)c6c(O)c5c34)c3c(O)c(O)c(O)c(O)c23)c(O)c(-c2c(O)c(O)c(O)c3c(O)c(O)c4c(O)c(O)c(O)c(O)c4c23)c1O. The summed E-state index contributed by atoms with van der Waals surface area (Å²) >= 11 is 0. The Morgan fingerprint density at radius 3 is 0.728 bits per heavy atom. The number of furan rings is 1. The van der Waals surface area contributed by atoms with Gasteiger partial charge in [0, 0.05) is 60.0 Å². The molecule has 11 rings (SSSR count). The zero-order valence-corrected chi connectivity index (χ0v) is 38.8. The van der Waals surface area contributed by atoms with E-state index in [1.807, 2.05) is 0 Å². The van der Waals surface area contributed by atoms with Crippen LogP contribution in [0.25, 0.3) is 109 Å². The summed E-state index contributed by atoms with van der Waals surface area (Å²) in [6.07, 6.45) is 0. The molecule has 0 aliphatic rings. The maximum absolute atomic E-state index is 12.6. The molecule has 0 aliphatic heterocycles. The molecule has 0 aliphatic carbocycles. The van der Waals surface area contributed by atoms with Crippen LogP contribution in [0, 0.1) is 0 Å². The number of phenols is 30. The Bertz CT molecular complexity index is 4840. The fourth-order valence-corrected chi connectivity index (χ4v) is 10.5. The van der Waals surface area contributed by atoms with Crippen LogP contribution >= 0.6 is 0 Å². The summed E-state index contributed by atoms with van der Waals surface area (Å²) in [5.41, 5.74) is -11.8. The maximum Gasteiger partial charge on any atom is 0.205 e. The predicted octanol–water partition coefficient (Wildman–Crippen LogP) is 5.52. The third-order valence-electron chi connectivity index (χ3n) is 14.1. The second-order valence-corrected chi connectivity index (χ2v) is 18.0. The van der Waals surface area contributed by atoms with Crippen molar-refractivity contribution < 1.29 is 158 Å². The maximum atomic E-state index is 12.6. The van der Waals surface area contributed by atoms with Crippen molar-refractivity contribution in [1.29, 1.82) is 0 Å². The van der Waals surface area contributed by atoms with Crippen LogP contribution in [0.3, 0.4) is 0 Å². The van der Waals surface area contributed by atoms with Crippen molar-refractivity contribution in [2.45, 2.75) is 0 Å². The molecule has 0 amide bonds. The molecule has 0 unspecified atom stereocenters. The van der Waals surface area contributed by atoms with Gasteiger partial charge in [-0.3, -0.25) is 0 Å². The molecule has 0 saturated carbocycles. The molecule has 30 N–H and O–H groups in total. The van der Waals surface area contributed by atoms with Crippen LogP contribution in [-0.4, -0.2) is 153 Å². The normalized spacial score (nSPS) is 12.0. The van der Waals surface area contributed by atoms with Crippen molar-refractivity contribution >= 4 is 75.8 Å². The van der Waals surface area contributed by atoms with Gasteiger partial charge in [0.2, 0.25) is 69.0 Å². The van der Waals surface area contributed by atoms with Gasteiger partial charge < -0.3 is 158 Å². The monoisotopic (exact) mass is 1130 g/mol. The first-order chi connectivity index (χ1) is 37.8. The highest BCUT2D eigenvalue weighted by Crippen LogP contribution is 2.71. The Balaban J connectivity index is 1.45. The van der Waals surface area contributed by atoms with Crippen molar-refractivity contribution in [2.24, 2.45) is 0 Å². The molecule has 1 aromatic heterocycles. The van der Waals surface area contributed by atoms with Crippen LogP contribution in [0.15, 0.2) is 4.42 Å². The molecular weight excluding hydrogens is 1100 g/mol. The third-order valence-corrected chi connectivity index (χ3v) is 14.1. The molecule has 0 atom stereocenters. The third kappa shape index (κ3) is 5.55. The Morgan fingerprint density at radius 1 is 0.111 bits per heavy atom. The van der Waals surface area contributed by atoms with Gasteiger partial charge in [-0.05, 0) is 0 Å². The van der Waals surface area contributed by atoms with Gasteiger partial charge in [0.15, 0.2) is 103 Å². The van der Waals surface area contributed by atoms with Gasteiger partial charge in [-0.1, -0.05) is 0 Å². The van der Waals surface area contributed by atoms with Crippen molar-refractivity contribution in [3.05, 3.63) is 0 Å². The lowest BCUT2D eigenvalue weighted by Gasteiger charge is -2.25. The van der Waals surface area contributed by atoms with E-state index in [1.54, 1.807) is 0 Å². The molecule has 31 heteroatoms. The summed E-state index contributed by atoms with van der Waals surface area (Å²) in [5.74, 6) is -51.9. The van der Waals surface area contributed by atoms with Gasteiger partial charge in [-0.25, -0.2) is 0 Å². The van der Waals surface area contributed by atoms with Gasteiger partial charge in [-0.2, -0.15) is 0 Å². The smallest absolute Gasteiger partial charge is 0.205 e. The highest BCUT2D eigenvalue weighted by atomic mass is 16.4. The van der Waals surface area contributed by atoms with Crippen molar-refractivity contribution in [1.82, 2.24) is 0 Å². The minimum Gasteiger partial charge on any atom is -0.506 e. The average molecular weight is 1130 g/mol. The van der Waals surface area contributed by atoms with Crippen LogP contribution < -0.4 is 0 Å². The molecular formula is C50H30O31. The minimum absolute atomic E-state index is 1.12. The Labute approximate surface area is 438 Å².